The van der Waals surface area contributed by atoms with Gasteiger partial charge in [-0.2, -0.15) is 12.6 Å². The minimum Gasteiger partial charge on any atom is -0.465 e. The first-order chi connectivity index (χ1) is 8.15. The zero-order chi connectivity index (χ0) is 13.1. The topological polar surface area (TPSA) is 26.3 Å². The maximum atomic E-state index is 11.6. The minimum atomic E-state index is -0.237. The zero-order valence-electron chi connectivity index (χ0n) is 11.6. The van der Waals surface area contributed by atoms with Crippen molar-refractivity contribution in [2.24, 2.45) is 5.92 Å². The van der Waals surface area contributed by atoms with Crippen LogP contribution in [-0.4, -0.2) is 17.8 Å². The van der Waals surface area contributed by atoms with Gasteiger partial charge in [0.25, 0.3) is 0 Å². The van der Waals surface area contributed by atoms with Crippen LogP contribution < -0.4 is 0 Å². The van der Waals surface area contributed by atoms with E-state index in [4.69, 9.17) is 4.74 Å². The third-order valence-corrected chi connectivity index (χ3v) is 3.58. The summed E-state index contributed by atoms with van der Waals surface area (Å²) in [4.78, 5) is 11.6. The number of rotatable bonds is 10. The molecule has 0 heterocycles. The molecule has 0 aromatic carbocycles. The van der Waals surface area contributed by atoms with Crippen LogP contribution in [0.4, 0.5) is 0 Å². The Morgan fingerprint density at radius 3 is 2.24 bits per heavy atom. The molecule has 0 amide bonds. The van der Waals surface area contributed by atoms with Crippen LogP contribution in [0, 0.1) is 5.92 Å². The molecule has 0 radical (unpaired) electrons. The van der Waals surface area contributed by atoms with E-state index in [2.05, 4.69) is 33.4 Å². The predicted octanol–water partition coefficient (Wildman–Crippen LogP) is 4.23. The van der Waals surface area contributed by atoms with E-state index in [1.807, 2.05) is 0 Å². The van der Waals surface area contributed by atoms with Crippen LogP contribution >= 0.6 is 12.6 Å². The van der Waals surface area contributed by atoms with Crippen LogP contribution in [0.1, 0.15) is 65.7 Å². The highest BCUT2D eigenvalue weighted by Crippen LogP contribution is 2.15. The molecule has 0 aromatic heterocycles. The Kier molecular flexibility index (Phi) is 10.8. The number of ether oxygens (including phenoxy) is 1. The molecule has 102 valence electrons. The lowest BCUT2D eigenvalue weighted by Crippen LogP contribution is -2.21. The van der Waals surface area contributed by atoms with E-state index in [1.54, 1.807) is 0 Å². The van der Waals surface area contributed by atoms with Crippen molar-refractivity contribution < 1.29 is 9.53 Å². The SMILES string of the molecule is CCCCC(CC)COC(=O)C(S)CCCC. The highest BCUT2D eigenvalue weighted by molar-refractivity contribution is 7.81. The van der Waals surface area contributed by atoms with Crippen molar-refractivity contribution in [3.05, 3.63) is 0 Å². The fraction of sp³-hybridized carbons (Fsp3) is 0.929. The summed E-state index contributed by atoms with van der Waals surface area (Å²) in [7, 11) is 0. The minimum absolute atomic E-state index is 0.142. The number of esters is 1. The second kappa shape index (κ2) is 10.9. The fourth-order valence-electron chi connectivity index (χ4n) is 1.71. The maximum Gasteiger partial charge on any atom is 0.318 e. The lowest BCUT2D eigenvalue weighted by molar-refractivity contribution is -0.144. The number of carbonyl (C=O) groups is 1. The number of thiol groups is 1. The summed E-state index contributed by atoms with van der Waals surface area (Å²) in [6.07, 6.45) is 7.62. The van der Waals surface area contributed by atoms with Gasteiger partial charge in [0.05, 0.1) is 11.9 Å². The lowest BCUT2D eigenvalue weighted by atomic mass is 10.0. The van der Waals surface area contributed by atoms with E-state index in [9.17, 15) is 4.79 Å². The molecule has 0 aliphatic heterocycles. The summed E-state index contributed by atoms with van der Waals surface area (Å²) in [5.74, 6) is 0.377. The van der Waals surface area contributed by atoms with Crippen molar-refractivity contribution in [1.82, 2.24) is 0 Å². The van der Waals surface area contributed by atoms with Crippen LogP contribution in [-0.2, 0) is 9.53 Å². The van der Waals surface area contributed by atoms with Gasteiger partial charge in [-0.25, -0.2) is 0 Å². The Morgan fingerprint density at radius 2 is 1.71 bits per heavy atom. The molecule has 0 aliphatic rings. The van der Waals surface area contributed by atoms with Crippen LogP contribution in [0.25, 0.3) is 0 Å². The average Bonchev–Trinajstić information content (AvgIpc) is 2.35. The van der Waals surface area contributed by atoms with Gasteiger partial charge in [0.2, 0.25) is 0 Å². The van der Waals surface area contributed by atoms with Crippen molar-refractivity contribution in [1.29, 1.82) is 0 Å². The van der Waals surface area contributed by atoms with Crippen LogP contribution in [0.3, 0.4) is 0 Å². The molecule has 2 unspecified atom stereocenters. The zero-order valence-corrected chi connectivity index (χ0v) is 12.5. The molecule has 0 rings (SSSR count). The Balaban J connectivity index is 3.78. The molecule has 0 saturated carbocycles. The van der Waals surface area contributed by atoms with Gasteiger partial charge in [0.1, 0.15) is 0 Å². The first-order valence-corrected chi connectivity index (χ1v) is 7.51. The fourth-order valence-corrected chi connectivity index (χ4v) is 1.97. The summed E-state index contributed by atoms with van der Waals surface area (Å²) >= 11 is 4.29. The Morgan fingerprint density at radius 1 is 1.12 bits per heavy atom. The van der Waals surface area contributed by atoms with Gasteiger partial charge in [-0.15, -0.1) is 0 Å². The summed E-state index contributed by atoms with van der Waals surface area (Å²) in [5.41, 5.74) is 0. The Bertz CT molecular complexity index is 195. The average molecular weight is 260 g/mol. The van der Waals surface area contributed by atoms with Gasteiger partial charge in [-0.3, -0.25) is 4.79 Å². The molecular weight excluding hydrogens is 232 g/mol. The number of carbonyl (C=O) groups excluding carboxylic acids is 1. The van der Waals surface area contributed by atoms with Gasteiger partial charge in [-0.05, 0) is 18.8 Å². The molecule has 0 aliphatic carbocycles. The molecule has 0 spiro atoms. The van der Waals surface area contributed by atoms with Gasteiger partial charge in [0, 0.05) is 0 Å². The summed E-state index contributed by atoms with van der Waals surface area (Å²) < 4.78 is 5.34. The largest absolute Gasteiger partial charge is 0.465 e. The van der Waals surface area contributed by atoms with Gasteiger partial charge < -0.3 is 4.74 Å². The van der Waals surface area contributed by atoms with E-state index < -0.39 is 0 Å². The molecule has 17 heavy (non-hydrogen) atoms. The smallest absolute Gasteiger partial charge is 0.318 e. The predicted molar refractivity (Wildman–Crippen MR) is 76.6 cm³/mol. The first-order valence-electron chi connectivity index (χ1n) is 7.00. The second-order valence-corrected chi connectivity index (χ2v) is 5.33. The summed E-state index contributed by atoms with van der Waals surface area (Å²) in [6.45, 7) is 7.03. The third-order valence-electron chi connectivity index (χ3n) is 3.11. The van der Waals surface area contributed by atoms with E-state index in [1.165, 1.54) is 12.8 Å². The molecule has 0 saturated heterocycles. The van der Waals surface area contributed by atoms with Crippen molar-refractivity contribution in [2.45, 2.75) is 71.0 Å². The molecule has 3 heteroatoms. The third kappa shape index (κ3) is 8.53. The lowest BCUT2D eigenvalue weighted by Gasteiger charge is -2.16. The summed E-state index contributed by atoms with van der Waals surface area (Å²) in [5, 5.41) is -0.237. The molecular formula is C14H28O2S. The number of unbranched alkanes of at least 4 members (excludes halogenated alkanes) is 2. The summed E-state index contributed by atoms with van der Waals surface area (Å²) in [6, 6.07) is 0. The normalized spacial score (nSPS) is 14.4. The van der Waals surface area contributed by atoms with E-state index >= 15 is 0 Å². The van der Waals surface area contributed by atoms with Gasteiger partial charge >= 0.3 is 5.97 Å². The van der Waals surface area contributed by atoms with Crippen LogP contribution in [0.5, 0.6) is 0 Å². The molecule has 2 nitrogen and oxygen atoms in total. The van der Waals surface area contributed by atoms with E-state index in [0.717, 1.165) is 32.1 Å². The van der Waals surface area contributed by atoms with E-state index in [-0.39, 0.29) is 11.2 Å². The number of hydrogen-bond acceptors (Lipinski definition) is 3. The molecule has 0 N–H and O–H groups in total. The monoisotopic (exact) mass is 260 g/mol. The van der Waals surface area contributed by atoms with E-state index in [0.29, 0.717) is 12.5 Å². The Hall–Kier alpha value is -0.180. The van der Waals surface area contributed by atoms with Crippen molar-refractivity contribution >= 4 is 18.6 Å². The van der Waals surface area contributed by atoms with Gasteiger partial charge in [-0.1, -0.05) is 52.9 Å². The first kappa shape index (κ1) is 16.8. The highest BCUT2D eigenvalue weighted by Gasteiger charge is 2.16. The van der Waals surface area contributed by atoms with Crippen LogP contribution in [0.15, 0.2) is 0 Å². The quantitative estimate of drug-likeness (QED) is 0.470. The maximum absolute atomic E-state index is 11.6. The molecule has 2 atom stereocenters. The van der Waals surface area contributed by atoms with Crippen molar-refractivity contribution in [3.63, 3.8) is 0 Å². The van der Waals surface area contributed by atoms with Gasteiger partial charge in [0.15, 0.2) is 0 Å². The molecule has 0 fully saturated rings. The van der Waals surface area contributed by atoms with Crippen LogP contribution in [0.2, 0.25) is 0 Å². The van der Waals surface area contributed by atoms with Crippen molar-refractivity contribution in [2.75, 3.05) is 6.61 Å². The standard InChI is InChI=1S/C14H28O2S/c1-4-7-9-12(6-3)11-16-14(15)13(17)10-8-5-2/h12-13,17H,4-11H2,1-3H3. The highest BCUT2D eigenvalue weighted by atomic mass is 32.1. The molecule has 0 aromatic rings. The van der Waals surface area contributed by atoms with Crippen molar-refractivity contribution in [3.8, 4) is 0 Å². The number of hydrogen-bond donors (Lipinski definition) is 1. The second-order valence-electron chi connectivity index (χ2n) is 4.70. The Labute approximate surface area is 112 Å². The molecule has 0 bridgehead atoms.